The van der Waals surface area contributed by atoms with Crippen LogP contribution in [0.4, 0.5) is 5.82 Å². The van der Waals surface area contributed by atoms with E-state index in [0.717, 1.165) is 10.8 Å². The Morgan fingerprint density at radius 1 is 1.64 bits per heavy atom. The van der Waals surface area contributed by atoms with Gasteiger partial charge < -0.3 is 25.9 Å². The number of imidazole rings is 1. The Hall–Kier alpha value is -2.56. The van der Waals surface area contributed by atoms with Gasteiger partial charge in [-0.3, -0.25) is 4.79 Å². The van der Waals surface area contributed by atoms with Crippen LogP contribution in [0.5, 0.6) is 0 Å². The number of esters is 1. The molecule has 0 aliphatic rings. The average Bonchev–Trinajstić information content (AvgIpc) is 2.79. The van der Waals surface area contributed by atoms with Crippen molar-refractivity contribution in [1.82, 2.24) is 14.9 Å². The highest BCUT2D eigenvalue weighted by Crippen LogP contribution is 2.23. The summed E-state index contributed by atoms with van der Waals surface area (Å²) in [4.78, 5) is 37.5. The fourth-order valence-electron chi connectivity index (χ4n) is 1.82. The maximum Gasteiger partial charge on any atom is 0.352 e. The summed E-state index contributed by atoms with van der Waals surface area (Å²) in [6.45, 7) is 2.60. The molecule has 22 heavy (non-hydrogen) atoms. The number of amides is 1. The molecular weight excluding hydrogens is 314 g/mol. The van der Waals surface area contributed by atoms with Crippen LogP contribution in [-0.4, -0.2) is 38.1 Å². The van der Waals surface area contributed by atoms with Crippen LogP contribution in [0.1, 0.15) is 25.2 Å². The number of nitro groups is 1. The summed E-state index contributed by atoms with van der Waals surface area (Å²) in [5, 5.41) is 12.8. The Morgan fingerprint density at radius 2 is 2.27 bits per heavy atom. The molecule has 1 atom stereocenters. The minimum atomic E-state index is -0.958. The third kappa shape index (κ3) is 4.22. The zero-order chi connectivity index (χ0) is 16.9. The summed E-state index contributed by atoms with van der Waals surface area (Å²) in [5.41, 5.74) is 5.11. The number of aryl methyl sites for hydroxylation is 1. The van der Waals surface area contributed by atoms with E-state index in [4.69, 9.17) is 10.5 Å². The molecule has 0 spiro atoms. The second-order valence-corrected chi connectivity index (χ2v) is 4.67. The first-order valence-electron chi connectivity index (χ1n) is 6.22. The van der Waals surface area contributed by atoms with E-state index in [2.05, 4.69) is 22.5 Å². The van der Waals surface area contributed by atoms with Gasteiger partial charge in [-0.15, -0.1) is 0 Å². The summed E-state index contributed by atoms with van der Waals surface area (Å²) < 4.78 is 5.99. The lowest BCUT2D eigenvalue weighted by Crippen LogP contribution is -2.38. The van der Waals surface area contributed by atoms with Gasteiger partial charge in [0.15, 0.2) is 23.6 Å². The number of nitrogens with one attached hydrogen (secondary N) is 1. The Morgan fingerprint density at radius 3 is 2.77 bits per heavy atom. The lowest BCUT2D eigenvalue weighted by Gasteiger charge is -2.13. The highest BCUT2D eigenvalue weighted by molar-refractivity contribution is 7.80. The van der Waals surface area contributed by atoms with E-state index >= 15 is 0 Å². The number of nitrogens with two attached hydrogens (primary N) is 1. The molecule has 1 amide bonds. The number of nitrogens with zero attached hydrogens (tertiary/aromatic N) is 3. The molecule has 1 heterocycles. The SMILES string of the molecule is CCC(C(=O)OCC(=O)NC(N)=S)n1c([N+](=O)[O-])cnc1C. The molecule has 10 nitrogen and oxygen atoms in total. The number of thiocarbonyl (C=S) groups is 1. The number of aromatic nitrogens is 2. The van der Waals surface area contributed by atoms with E-state index in [9.17, 15) is 19.7 Å². The second kappa shape index (κ2) is 7.45. The van der Waals surface area contributed by atoms with E-state index in [0.29, 0.717) is 5.82 Å². The molecule has 1 aromatic heterocycles. The van der Waals surface area contributed by atoms with Crippen molar-refractivity contribution in [1.29, 1.82) is 0 Å². The Kier molecular flexibility index (Phi) is 5.92. The first-order chi connectivity index (χ1) is 10.3. The van der Waals surface area contributed by atoms with Gasteiger partial charge in [0.2, 0.25) is 0 Å². The normalized spacial score (nSPS) is 11.5. The number of ether oxygens (including phenoxy) is 1. The number of hydrogen-bond acceptors (Lipinski definition) is 7. The fourth-order valence-corrected chi connectivity index (χ4v) is 1.94. The molecule has 0 fully saturated rings. The van der Waals surface area contributed by atoms with Gasteiger partial charge in [-0.05, 0) is 23.6 Å². The minimum absolute atomic E-state index is 0.230. The van der Waals surface area contributed by atoms with Crippen LogP contribution in [-0.2, 0) is 14.3 Å². The molecule has 0 aliphatic carbocycles. The fraction of sp³-hybridized carbons (Fsp3) is 0.455. The molecule has 1 aromatic rings. The van der Waals surface area contributed by atoms with Crippen LogP contribution in [0.2, 0.25) is 0 Å². The molecule has 120 valence electrons. The standard InChI is InChI=1S/C11H15N5O5S/c1-3-7(10(18)21-5-8(17)14-11(12)22)15-6(2)13-4-9(15)16(19)20/h4,7H,3,5H2,1-2H3,(H3,12,14,17,22). The van der Waals surface area contributed by atoms with E-state index in [1.165, 1.54) is 6.92 Å². The number of carbonyl (C=O) groups excluding carboxylic acids is 2. The topological polar surface area (TPSA) is 142 Å². The molecule has 0 bridgehead atoms. The van der Waals surface area contributed by atoms with Crippen molar-refractivity contribution in [2.24, 2.45) is 5.73 Å². The average molecular weight is 329 g/mol. The van der Waals surface area contributed by atoms with Crippen molar-refractivity contribution >= 4 is 35.0 Å². The van der Waals surface area contributed by atoms with E-state index in [1.807, 2.05) is 0 Å². The Balaban J connectivity index is 2.86. The summed E-state index contributed by atoms with van der Waals surface area (Å²) >= 11 is 4.47. The third-order valence-electron chi connectivity index (χ3n) is 2.73. The van der Waals surface area contributed by atoms with Crippen molar-refractivity contribution in [2.45, 2.75) is 26.3 Å². The van der Waals surface area contributed by atoms with Crippen LogP contribution in [0, 0.1) is 17.0 Å². The predicted octanol–water partition coefficient (Wildman–Crippen LogP) is -0.0462. The van der Waals surface area contributed by atoms with Crippen LogP contribution < -0.4 is 11.1 Å². The van der Waals surface area contributed by atoms with Gasteiger partial charge in [0.25, 0.3) is 5.91 Å². The van der Waals surface area contributed by atoms with Gasteiger partial charge in [-0.25, -0.2) is 9.78 Å². The summed E-state index contributed by atoms with van der Waals surface area (Å²) in [7, 11) is 0. The maximum absolute atomic E-state index is 12.1. The molecule has 0 aromatic carbocycles. The van der Waals surface area contributed by atoms with Gasteiger partial charge in [0.05, 0.1) is 0 Å². The van der Waals surface area contributed by atoms with Crippen LogP contribution >= 0.6 is 12.2 Å². The highest BCUT2D eigenvalue weighted by Gasteiger charge is 2.32. The minimum Gasteiger partial charge on any atom is -0.452 e. The molecule has 0 saturated heterocycles. The smallest absolute Gasteiger partial charge is 0.352 e. The van der Waals surface area contributed by atoms with Crippen LogP contribution in [0.25, 0.3) is 0 Å². The molecule has 1 rings (SSSR count). The summed E-state index contributed by atoms with van der Waals surface area (Å²) in [5.74, 6) is -1.51. The van der Waals surface area contributed by atoms with Gasteiger partial charge in [-0.1, -0.05) is 6.92 Å². The molecule has 0 radical (unpaired) electrons. The second-order valence-electron chi connectivity index (χ2n) is 4.23. The predicted molar refractivity (Wildman–Crippen MR) is 78.8 cm³/mol. The molecule has 0 saturated carbocycles. The van der Waals surface area contributed by atoms with Gasteiger partial charge in [-0.2, -0.15) is 4.57 Å². The monoisotopic (exact) mass is 329 g/mol. The number of rotatable bonds is 6. The van der Waals surface area contributed by atoms with E-state index < -0.39 is 29.4 Å². The quantitative estimate of drug-likeness (QED) is 0.320. The first kappa shape index (κ1) is 17.5. The zero-order valence-corrected chi connectivity index (χ0v) is 12.8. The molecule has 1 unspecified atom stereocenters. The lowest BCUT2D eigenvalue weighted by molar-refractivity contribution is -0.392. The Bertz CT molecular complexity index is 614. The highest BCUT2D eigenvalue weighted by atomic mass is 32.1. The Labute approximate surface area is 130 Å². The summed E-state index contributed by atoms with van der Waals surface area (Å²) in [6, 6.07) is -0.958. The lowest BCUT2D eigenvalue weighted by atomic mass is 10.2. The molecule has 11 heteroatoms. The van der Waals surface area contributed by atoms with Gasteiger partial charge in [0, 0.05) is 6.92 Å². The van der Waals surface area contributed by atoms with Crippen LogP contribution in [0.15, 0.2) is 6.20 Å². The summed E-state index contributed by atoms with van der Waals surface area (Å²) in [6.07, 6.45) is 1.29. The van der Waals surface area contributed by atoms with Crippen molar-refractivity contribution in [2.75, 3.05) is 6.61 Å². The maximum atomic E-state index is 12.1. The first-order valence-corrected chi connectivity index (χ1v) is 6.62. The molecule has 0 aliphatic heterocycles. The number of carbonyl (C=O) groups is 2. The largest absolute Gasteiger partial charge is 0.452 e. The van der Waals surface area contributed by atoms with Crippen molar-refractivity contribution in [3.63, 3.8) is 0 Å². The van der Waals surface area contributed by atoms with Gasteiger partial charge >= 0.3 is 11.8 Å². The van der Waals surface area contributed by atoms with Crippen molar-refractivity contribution in [3.8, 4) is 0 Å². The third-order valence-corrected chi connectivity index (χ3v) is 2.83. The molecular formula is C11H15N5O5S. The van der Waals surface area contributed by atoms with Gasteiger partial charge in [0.1, 0.15) is 6.20 Å². The van der Waals surface area contributed by atoms with Crippen molar-refractivity contribution in [3.05, 3.63) is 22.1 Å². The van der Waals surface area contributed by atoms with Crippen LogP contribution in [0.3, 0.4) is 0 Å². The van der Waals surface area contributed by atoms with E-state index in [1.54, 1.807) is 6.92 Å². The zero-order valence-electron chi connectivity index (χ0n) is 11.9. The van der Waals surface area contributed by atoms with E-state index in [-0.39, 0.29) is 17.4 Å². The van der Waals surface area contributed by atoms with Crippen molar-refractivity contribution < 1.29 is 19.2 Å². The molecule has 3 N–H and O–H groups in total. The number of hydrogen-bond donors (Lipinski definition) is 2.